The van der Waals surface area contributed by atoms with Crippen LogP contribution >= 0.6 is 22.9 Å². The summed E-state index contributed by atoms with van der Waals surface area (Å²) in [4.78, 5) is 6.11. The number of aromatic nitrogens is 1. The Labute approximate surface area is 143 Å². The van der Waals surface area contributed by atoms with E-state index < -0.39 is 0 Å². The summed E-state index contributed by atoms with van der Waals surface area (Å²) < 4.78 is 5.32. The van der Waals surface area contributed by atoms with E-state index in [1.807, 2.05) is 30.3 Å². The number of nitrogens with one attached hydrogen (secondary N) is 1. The zero-order chi connectivity index (χ0) is 15.8. The highest BCUT2D eigenvalue weighted by Gasteiger charge is 2.21. The van der Waals surface area contributed by atoms with Gasteiger partial charge in [0.25, 0.3) is 0 Å². The number of methoxy groups -OCH3 is 1. The number of thiazole rings is 1. The predicted molar refractivity (Wildman–Crippen MR) is 96.2 cm³/mol. The normalized spacial score (nSPS) is 12.4. The van der Waals surface area contributed by atoms with Gasteiger partial charge in [0.15, 0.2) is 5.13 Å². The van der Waals surface area contributed by atoms with Crippen LogP contribution in [0.5, 0.6) is 5.75 Å². The van der Waals surface area contributed by atoms with E-state index in [-0.39, 0.29) is 0 Å². The van der Waals surface area contributed by atoms with Crippen molar-refractivity contribution in [2.45, 2.75) is 12.8 Å². The Bertz CT molecular complexity index is 875. The van der Waals surface area contributed by atoms with Crippen LogP contribution in [0.1, 0.15) is 10.4 Å². The fraction of sp³-hybridized carbons (Fsp3) is 0.167. The maximum Gasteiger partial charge on any atom is 0.188 e. The first-order valence-electron chi connectivity index (χ1n) is 7.43. The Balaban J connectivity index is 1.70. The molecule has 0 unspecified atom stereocenters. The molecule has 1 heterocycles. The Hall–Kier alpha value is -2.04. The minimum absolute atomic E-state index is 0.700. The minimum atomic E-state index is 0.700. The van der Waals surface area contributed by atoms with Crippen LogP contribution in [0.2, 0.25) is 5.02 Å². The van der Waals surface area contributed by atoms with E-state index in [1.165, 1.54) is 16.0 Å². The highest BCUT2D eigenvalue weighted by atomic mass is 35.5. The third-order valence-electron chi connectivity index (χ3n) is 4.00. The molecule has 0 bridgehead atoms. The summed E-state index contributed by atoms with van der Waals surface area (Å²) in [5.41, 5.74) is 4.46. The van der Waals surface area contributed by atoms with Crippen molar-refractivity contribution in [1.29, 1.82) is 0 Å². The van der Waals surface area contributed by atoms with Gasteiger partial charge in [0.1, 0.15) is 5.75 Å². The van der Waals surface area contributed by atoms with Gasteiger partial charge in [0, 0.05) is 10.4 Å². The van der Waals surface area contributed by atoms with E-state index in [1.54, 1.807) is 18.4 Å². The predicted octanol–water partition coefficient (Wildman–Crippen LogP) is 5.31. The summed E-state index contributed by atoms with van der Waals surface area (Å²) in [6, 6.07) is 13.9. The van der Waals surface area contributed by atoms with E-state index in [0.29, 0.717) is 5.02 Å². The Kier molecular flexibility index (Phi) is 3.71. The molecule has 1 aliphatic carbocycles. The lowest BCUT2D eigenvalue weighted by atomic mass is 9.93. The van der Waals surface area contributed by atoms with Gasteiger partial charge in [0.05, 0.1) is 23.5 Å². The van der Waals surface area contributed by atoms with Crippen LogP contribution in [0.25, 0.3) is 11.3 Å². The van der Waals surface area contributed by atoms with E-state index in [0.717, 1.165) is 35.1 Å². The molecule has 0 fully saturated rings. The van der Waals surface area contributed by atoms with Gasteiger partial charge in [-0.05, 0) is 48.7 Å². The number of nitrogens with zero attached hydrogens (tertiary/aromatic N) is 1. The number of rotatable bonds is 3. The van der Waals surface area contributed by atoms with Crippen molar-refractivity contribution in [3.63, 3.8) is 0 Å². The Morgan fingerprint density at radius 2 is 2.04 bits per heavy atom. The van der Waals surface area contributed by atoms with Crippen LogP contribution in [0.4, 0.5) is 10.8 Å². The maximum atomic E-state index is 6.22. The summed E-state index contributed by atoms with van der Waals surface area (Å²) in [6.07, 6.45) is 2.03. The van der Waals surface area contributed by atoms with Crippen molar-refractivity contribution in [1.82, 2.24) is 4.98 Å². The minimum Gasteiger partial charge on any atom is -0.497 e. The van der Waals surface area contributed by atoms with Gasteiger partial charge in [-0.2, -0.15) is 0 Å². The molecule has 1 aromatic heterocycles. The molecule has 4 rings (SSSR count). The zero-order valence-corrected chi connectivity index (χ0v) is 14.2. The van der Waals surface area contributed by atoms with Crippen molar-refractivity contribution in [3.05, 3.63) is 57.9 Å². The molecule has 3 aromatic rings. The lowest BCUT2D eigenvalue weighted by Gasteiger charge is -2.15. The van der Waals surface area contributed by atoms with Gasteiger partial charge in [-0.3, -0.25) is 0 Å². The average molecular weight is 343 g/mol. The topological polar surface area (TPSA) is 34.1 Å². The molecule has 0 aliphatic heterocycles. The fourth-order valence-electron chi connectivity index (χ4n) is 2.85. The molecule has 116 valence electrons. The van der Waals surface area contributed by atoms with Crippen molar-refractivity contribution in [3.8, 4) is 17.0 Å². The van der Waals surface area contributed by atoms with E-state index in [9.17, 15) is 0 Å². The molecular weight excluding hydrogens is 328 g/mol. The number of para-hydroxylation sites is 1. The van der Waals surface area contributed by atoms with Crippen LogP contribution in [0, 0.1) is 0 Å². The van der Waals surface area contributed by atoms with Crippen molar-refractivity contribution in [2.75, 3.05) is 12.4 Å². The number of ether oxygens (including phenoxy) is 1. The van der Waals surface area contributed by atoms with Crippen LogP contribution in [0.3, 0.4) is 0 Å². The summed E-state index contributed by atoms with van der Waals surface area (Å²) >= 11 is 7.92. The maximum absolute atomic E-state index is 6.22. The molecule has 23 heavy (non-hydrogen) atoms. The summed E-state index contributed by atoms with van der Waals surface area (Å²) in [6.45, 7) is 0. The Morgan fingerprint density at radius 3 is 2.87 bits per heavy atom. The van der Waals surface area contributed by atoms with Gasteiger partial charge in [-0.15, -0.1) is 11.3 Å². The number of hydrogen-bond donors (Lipinski definition) is 1. The van der Waals surface area contributed by atoms with Gasteiger partial charge in [-0.1, -0.05) is 23.7 Å². The van der Waals surface area contributed by atoms with Crippen LogP contribution < -0.4 is 10.1 Å². The van der Waals surface area contributed by atoms with E-state index in [4.69, 9.17) is 21.3 Å². The molecule has 5 heteroatoms. The largest absolute Gasteiger partial charge is 0.497 e. The van der Waals surface area contributed by atoms with Crippen LogP contribution in [-0.2, 0) is 12.8 Å². The molecule has 1 N–H and O–H groups in total. The number of anilines is 2. The first kappa shape index (κ1) is 14.5. The fourth-order valence-corrected chi connectivity index (χ4v) is 4.02. The second-order valence-electron chi connectivity index (χ2n) is 5.42. The molecule has 1 aliphatic rings. The van der Waals surface area contributed by atoms with Crippen LogP contribution in [0.15, 0.2) is 42.5 Å². The zero-order valence-electron chi connectivity index (χ0n) is 12.6. The molecule has 0 radical (unpaired) electrons. The number of benzene rings is 2. The smallest absolute Gasteiger partial charge is 0.188 e. The van der Waals surface area contributed by atoms with E-state index in [2.05, 4.69) is 17.4 Å². The number of aryl methyl sites for hydroxylation is 2. The number of halogens is 1. The molecule has 2 aromatic carbocycles. The summed E-state index contributed by atoms with van der Waals surface area (Å²) in [5.74, 6) is 0.900. The Morgan fingerprint density at radius 1 is 1.17 bits per heavy atom. The van der Waals surface area contributed by atoms with Crippen molar-refractivity contribution >= 4 is 33.8 Å². The van der Waals surface area contributed by atoms with Gasteiger partial charge in [-0.25, -0.2) is 4.98 Å². The lowest BCUT2D eigenvalue weighted by molar-refractivity contribution is 0.414. The average Bonchev–Trinajstić information content (AvgIpc) is 2.99. The van der Waals surface area contributed by atoms with Gasteiger partial charge in [0.2, 0.25) is 0 Å². The molecule has 0 spiro atoms. The standard InChI is InChI=1S/C18H15ClN2OS/c1-22-12-7-8-13-11(10-12)6-9-16-17(13)21-18(23-16)20-15-5-3-2-4-14(15)19/h2-5,7-8,10H,6,9H2,1H3,(H,20,21). The quantitative estimate of drug-likeness (QED) is 0.700. The number of hydrogen-bond acceptors (Lipinski definition) is 4. The summed E-state index contributed by atoms with van der Waals surface area (Å²) in [7, 11) is 1.70. The monoisotopic (exact) mass is 342 g/mol. The molecule has 3 nitrogen and oxygen atoms in total. The second-order valence-corrected chi connectivity index (χ2v) is 6.91. The van der Waals surface area contributed by atoms with Crippen LogP contribution in [-0.4, -0.2) is 12.1 Å². The second kappa shape index (κ2) is 5.87. The molecule has 0 atom stereocenters. The van der Waals surface area contributed by atoms with Gasteiger partial charge < -0.3 is 10.1 Å². The van der Waals surface area contributed by atoms with Gasteiger partial charge >= 0.3 is 0 Å². The third-order valence-corrected chi connectivity index (χ3v) is 5.36. The molecular formula is C18H15ClN2OS. The highest BCUT2D eigenvalue weighted by molar-refractivity contribution is 7.16. The lowest BCUT2D eigenvalue weighted by Crippen LogP contribution is -2.02. The first-order chi connectivity index (χ1) is 11.2. The van der Waals surface area contributed by atoms with Crippen molar-refractivity contribution in [2.24, 2.45) is 0 Å². The highest BCUT2D eigenvalue weighted by Crippen LogP contribution is 2.40. The summed E-state index contributed by atoms with van der Waals surface area (Å²) in [5, 5.41) is 4.91. The molecule has 0 amide bonds. The molecule has 0 saturated heterocycles. The molecule has 0 saturated carbocycles. The van der Waals surface area contributed by atoms with Crippen molar-refractivity contribution < 1.29 is 4.74 Å². The first-order valence-corrected chi connectivity index (χ1v) is 8.62. The SMILES string of the molecule is COc1ccc2c(c1)CCc1sc(Nc3ccccc3Cl)nc1-2. The number of fused-ring (bicyclic) bond motifs is 3. The van der Waals surface area contributed by atoms with E-state index >= 15 is 0 Å². The third kappa shape index (κ3) is 2.69.